The van der Waals surface area contributed by atoms with Crippen molar-refractivity contribution in [2.75, 3.05) is 5.43 Å². The number of nitriles is 1. The zero-order valence-corrected chi connectivity index (χ0v) is 13.5. The van der Waals surface area contributed by atoms with Gasteiger partial charge in [-0.3, -0.25) is 15.6 Å². The van der Waals surface area contributed by atoms with Crippen LogP contribution in [0.3, 0.4) is 0 Å². The summed E-state index contributed by atoms with van der Waals surface area (Å²) in [6.07, 6.45) is 0. The van der Waals surface area contributed by atoms with E-state index < -0.39 is 5.84 Å². The molecule has 23 heavy (non-hydrogen) atoms. The van der Waals surface area contributed by atoms with E-state index in [0.717, 1.165) is 4.47 Å². The molecule has 6 nitrogen and oxygen atoms in total. The largest absolute Gasteiger partial charge is 0.382 e. The Morgan fingerprint density at radius 3 is 2.48 bits per heavy atom. The minimum absolute atomic E-state index is 0.183. The summed E-state index contributed by atoms with van der Waals surface area (Å²) in [7, 11) is 0. The fourth-order valence-corrected chi connectivity index (χ4v) is 2.06. The Bertz CT molecular complexity index is 821. The second-order valence-corrected chi connectivity index (χ2v) is 5.39. The standard InChI is InChI=1S/C16H12BrN5O/c17-11-7-5-10(6-8-11)15(23)12-3-1-2-4-13(12)21-22-14(9-18)16(19)20/h1-8,21H,(H3,19,20)/b22-14+. The Morgan fingerprint density at radius 1 is 1.22 bits per heavy atom. The highest BCUT2D eigenvalue weighted by molar-refractivity contribution is 9.10. The van der Waals surface area contributed by atoms with Gasteiger partial charge >= 0.3 is 0 Å². The van der Waals surface area contributed by atoms with E-state index in [1.165, 1.54) is 0 Å². The first-order chi connectivity index (χ1) is 11.0. The second kappa shape index (κ2) is 7.33. The van der Waals surface area contributed by atoms with Crippen molar-refractivity contribution in [2.45, 2.75) is 0 Å². The molecule has 0 aromatic heterocycles. The average Bonchev–Trinajstić information content (AvgIpc) is 2.55. The van der Waals surface area contributed by atoms with Crippen molar-refractivity contribution in [3.63, 3.8) is 0 Å². The quantitative estimate of drug-likeness (QED) is 0.325. The van der Waals surface area contributed by atoms with E-state index in [-0.39, 0.29) is 11.5 Å². The molecule has 2 rings (SSSR count). The molecule has 0 saturated heterocycles. The van der Waals surface area contributed by atoms with Gasteiger partial charge in [0.2, 0.25) is 5.71 Å². The molecule has 0 fully saturated rings. The monoisotopic (exact) mass is 369 g/mol. The van der Waals surface area contributed by atoms with E-state index in [4.69, 9.17) is 16.4 Å². The number of rotatable bonds is 5. The Labute approximate surface area is 141 Å². The molecule has 2 aromatic rings. The number of amidine groups is 1. The molecular formula is C16H12BrN5O. The number of halogens is 1. The third-order valence-electron chi connectivity index (χ3n) is 2.93. The van der Waals surface area contributed by atoms with Crippen molar-refractivity contribution >= 4 is 38.9 Å². The summed E-state index contributed by atoms with van der Waals surface area (Å²) in [5, 5.41) is 19.8. The van der Waals surface area contributed by atoms with Gasteiger partial charge in [0.05, 0.1) is 5.69 Å². The minimum Gasteiger partial charge on any atom is -0.382 e. The minimum atomic E-state index is -0.447. The fraction of sp³-hybridized carbons (Fsp3) is 0. The lowest BCUT2D eigenvalue weighted by atomic mass is 10.0. The molecule has 0 aliphatic heterocycles. The van der Waals surface area contributed by atoms with Crippen LogP contribution in [-0.4, -0.2) is 17.3 Å². The molecule has 0 unspecified atom stereocenters. The molecule has 0 radical (unpaired) electrons. The Kier molecular flexibility index (Phi) is 5.23. The number of carbonyl (C=O) groups is 1. The van der Waals surface area contributed by atoms with Gasteiger partial charge < -0.3 is 5.73 Å². The number of nitrogens with two attached hydrogens (primary N) is 1. The van der Waals surface area contributed by atoms with Crippen molar-refractivity contribution in [2.24, 2.45) is 10.8 Å². The average molecular weight is 370 g/mol. The highest BCUT2D eigenvalue weighted by Gasteiger charge is 2.13. The van der Waals surface area contributed by atoms with Gasteiger partial charge in [-0.2, -0.15) is 10.4 Å². The number of hydrazone groups is 1. The van der Waals surface area contributed by atoms with Crippen molar-refractivity contribution in [1.82, 2.24) is 0 Å². The van der Waals surface area contributed by atoms with E-state index in [1.54, 1.807) is 54.6 Å². The molecule has 0 aliphatic carbocycles. The molecule has 0 spiro atoms. The molecule has 0 amide bonds. The summed E-state index contributed by atoms with van der Waals surface area (Å²) in [4.78, 5) is 12.6. The summed E-state index contributed by atoms with van der Waals surface area (Å²) in [6, 6.07) is 15.5. The number of para-hydroxylation sites is 1. The summed E-state index contributed by atoms with van der Waals surface area (Å²) in [5.74, 6) is -0.631. The highest BCUT2D eigenvalue weighted by atomic mass is 79.9. The van der Waals surface area contributed by atoms with Crippen LogP contribution in [0.4, 0.5) is 5.69 Å². The van der Waals surface area contributed by atoms with E-state index >= 15 is 0 Å². The van der Waals surface area contributed by atoms with Crippen LogP contribution in [0, 0.1) is 16.7 Å². The number of ketones is 1. The van der Waals surface area contributed by atoms with Crippen LogP contribution in [-0.2, 0) is 0 Å². The van der Waals surface area contributed by atoms with E-state index in [9.17, 15) is 4.79 Å². The fourth-order valence-electron chi connectivity index (χ4n) is 1.80. The first-order valence-corrected chi connectivity index (χ1v) is 7.29. The molecule has 114 valence electrons. The number of nitrogens with one attached hydrogen (secondary N) is 2. The number of anilines is 1. The third kappa shape index (κ3) is 4.02. The van der Waals surface area contributed by atoms with Crippen LogP contribution in [0.2, 0.25) is 0 Å². The van der Waals surface area contributed by atoms with Gasteiger partial charge in [0.25, 0.3) is 0 Å². The van der Waals surface area contributed by atoms with Gasteiger partial charge in [-0.05, 0) is 36.4 Å². The predicted molar refractivity (Wildman–Crippen MR) is 92.6 cm³/mol. The van der Waals surface area contributed by atoms with Gasteiger partial charge in [-0.1, -0.05) is 28.1 Å². The number of carbonyl (C=O) groups excluding carboxylic acids is 1. The lowest BCUT2D eigenvalue weighted by Crippen LogP contribution is -2.22. The first kappa shape index (κ1) is 16.4. The lowest BCUT2D eigenvalue weighted by molar-refractivity contribution is 0.103. The maximum atomic E-state index is 12.6. The Hall–Kier alpha value is -2.98. The van der Waals surface area contributed by atoms with E-state index in [1.807, 2.05) is 0 Å². The van der Waals surface area contributed by atoms with Crippen LogP contribution >= 0.6 is 15.9 Å². The molecule has 0 aliphatic rings. The molecular weight excluding hydrogens is 358 g/mol. The number of nitrogens with zero attached hydrogens (tertiary/aromatic N) is 2. The molecule has 2 aromatic carbocycles. The molecule has 0 heterocycles. The lowest BCUT2D eigenvalue weighted by Gasteiger charge is -2.08. The van der Waals surface area contributed by atoms with Crippen LogP contribution in [0.15, 0.2) is 58.1 Å². The Morgan fingerprint density at radius 2 is 1.87 bits per heavy atom. The maximum Gasteiger partial charge on any atom is 0.201 e. The number of hydrogen-bond acceptors (Lipinski definition) is 5. The van der Waals surface area contributed by atoms with Crippen LogP contribution < -0.4 is 11.2 Å². The summed E-state index contributed by atoms with van der Waals surface area (Å²) in [5.41, 5.74) is 8.96. The number of benzene rings is 2. The van der Waals surface area contributed by atoms with Gasteiger partial charge in [0.1, 0.15) is 6.07 Å². The van der Waals surface area contributed by atoms with Crippen molar-refractivity contribution in [3.8, 4) is 6.07 Å². The summed E-state index contributed by atoms with van der Waals surface area (Å²) in [6.45, 7) is 0. The normalized spacial score (nSPS) is 10.7. The summed E-state index contributed by atoms with van der Waals surface area (Å²) >= 11 is 3.32. The van der Waals surface area contributed by atoms with E-state index in [2.05, 4.69) is 26.5 Å². The van der Waals surface area contributed by atoms with Crippen molar-refractivity contribution in [1.29, 1.82) is 10.7 Å². The zero-order chi connectivity index (χ0) is 16.8. The zero-order valence-electron chi connectivity index (χ0n) is 11.9. The molecule has 4 N–H and O–H groups in total. The van der Waals surface area contributed by atoms with Crippen molar-refractivity contribution in [3.05, 3.63) is 64.1 Å². The van der Waals surface area contributed by atoms with E-state index in [0.29, 0.717) is 16.8 Å². The first-order valence-electron chi connectivity index (χ1n) is 6.50. The van der Waals surface area contributed by atoms with Gasteiger partial charge in [-0.25, -0.2) is 0 Å². The topological polar surface area (TPSA) is 115 Å². The maximum absolute atomic E-state index is 12.6. The predicted octanol–water partition coefficient (Wildman–Crippen LogP) is 2.91. The molecule has 7 heteroatoms. The highest BCUT2D eigenvalue weighted by Crippen LogP contribution is 2.20. The number of hydrogen-bond donors (Lipinski definition) is 3. The SMILES string of the molecule is N#C/C(=N\Nc1ccccc1C(=O)c1ccc(Br)cc1)C(=N)N. The molecule has 0 atom stereocenters. The Balaban J connectivity index is 2.34. The molecule has 0 saturated carbocycles. The van der Waals surface area contributed by atoms with Gasteiger partial charge in [-0.15, -0.1) is 0 Å². The summed E-state index contributed by atoms with van der Waals surface area (Å²) < 4.78 is 0.880. The van der Waals surface area contributed by atoms with Crippen molar-refractivity contribution < 1.29 is 4.79 Å². The van der Waals surface area contributed by atoms with Gasteiger partial charge in [0, 0.05) is 15.6 Å². The molecule has 0 bridgehead atoms. The van der Waals surface area contributed by atoms with Crippen LogP contribution in [0.5, 0.6) is 0 Å². The third-order valence-corrected chi connectivity index (χ3v) is 3.46. The van der Waals surface area contributed by atoms with Gasteiger partial charge in [0.15, 0.2) is 11.6 Å². The second-order valence-electron chi connectivity index (χ2n) is 4.48. The van der Waals surface area contributed by atoms with Crippen LogP contribution in [0.25, 0.3) is 0 Å². The smallest absolute Gasteiger partial charge is 0.201 e. The van der Waals surface area contributed by atoms with Crippen LogP contribution in [0.1, 0.15) is 15.9 Å².